The van der Waals surface area contributed by atoms with Crippen molar-refractivity contribution in [1.29, 1.82) is 0 Å². The predicted octanol–water partition coefficient (Wildman–Crippen LogP) is 5.33. The van der Waals surface area contributed by atoms with Crippen molar-refractivity contribution in [1.82, 2.24) is 0 Å². The Kier molecular flexibility index (Phi) is 4.86. The summed E-state index contributed by atoms with van der Waals surface area (Å²) in [4.78, 5) is 7.85. The number of thioether (sulfide) groups is 1. The zero-order valence-electron chi connectivity index (χ0n) is 14.7. The Labute approximate surface area is 152 Å². The monoisotopic (exact) mass is 355 g/mol. The molecule has 0 fully saturated rings. The highest BCUT2D eigenvalue weighted by Crippen LogP contribution is 2.44. The van der Waals surface area contributed by atoms with E-state index in [1.54, 1.807) is 17.8 Å². The summed E-state index contributed by atoms with van der Waals surface area (Å²) in [5, 5.41) is 0. The minimum atomic E-state index is -0.307. The number of aryl methyl sites for hydroxylation is 1. The van der Waals surface area contributed by atoms with Gasteiger partial charge < -0.3 is 10.6 Å². The largest absolute Gasteiger partial charge is 0.402 e. The van der Waals surface area contributed by atoms with Crippen LogP contribution in [-0.4, -0.2) is 12.1 Å². The molecule has 3 rings (SSSR count). The Hall–Kier alpha value is -2.27. The fraction of sp³-hybridized carbons (Fsp3) is 0.250. The van der Waals surface area contributed by atoms with Gasteiger partial charge in [0.2, 0.25) is 0 Å². The third-order valence-electron chi connectivity index (χ3n) is 4.36. The van der Waals surface area contributed by atoms with E-state index in [1.807, 2.05) is 13.0 Å². The van der Waals surface area contributed by atoms with Crippen molar-refractivity contribution in [3.8, 4) is 0 Å². The molecule has 0 amide bonds. The minimum Gasteiger partial charge on any atom is -0.402 e. The van der Waals surface area contributed by atoms with Crippen LogP contribution < -0.4 is 10.6 Å². The Morgan fingerprint density at radius 3 is 2.76 bits per heavy atom. The van der Waals surface area contributed by atoms with Gasteiger partial charge in [-0.05, 0) is 43.9 Å². The van der Waals surface area contributed by atoms with Gasteiger partial charge in [0.1, 0.15) is 17.3 Å². The van der Waals surface area contributed by atoms with Gasteiger partial charge in [-0.2, -0.15) is 0 Å². The first-order valence-corrected chi connectivity index (χ1v) is 9.35. The van der Waals surface area contributed by atoms with Crippen molar-refractivity contribution >= 4 is 29.0 Å². The van der Waals surface area contributed by atoms with E-state index < -0.39 is 0 Å². The van der Waals surface area contributed by atoms with Gasteiger partial charge in [-0.3, -0.25) is 0 Å². The second-order valence-corrected chi connectivity index (χ2v) is 7.11. The Morgan fingerprint density at radius 1 is 1.32 bits per heavy atom. The number of para-hydroxylation sites is 1. The molecule has 25 heavy (non-hydrogen) atoms. The van der Waals surface area contributed by atoms with Crippen molar-refractivity contribution in [3.63, 3.8) is 0 Å². The molecule has 2 N–H and O–H groups in total. The number of anilines is 1. The molecule has 0 bridgehead atoms. The van der Waals surface area contributed by atoms with Crippen LogP contribution in [0.15, 0.2) is 58.6 Å². The Balaban J connectivity index is 2.22. The Morgan fingerprint density at radius 2 is 2.08 bits per heavy atom. The second kappa shape index (κ2) is 6.92. The normalized spacial score (nSPS) is 16.4. The summed E-state index contributed by atoms with van der Waals surface area (Å²) in [6.07, 6.45) is 2.58. The fourth-order valence-corrected chi connectivity index (χ4v) is 3.85. The van der Waals surface area contributed by atoms with Gasteiger partial charge in [0.05, 0.1) is 11.7 Å². The third-order valence-corrected chi connectivity index (χ3v) is 5.15. The molecular formula is C20H22FN3S. The molecule has 5 heteroatoms. The molecule has 0 spiro atoms. The van der Waals surface area contributed by atoms with E-state index in [1.165, 1.54) is 6.07 Å². The van der Waals surface area contributed by atoms with Crippen LogP contribution in [0.25, 0.3) is 0 Å². The maximum absolute atomic E-state index is 14.3. The van der Waals surface area contributed by atoms with Crippen molar-refractivity contribution in [3.05, 3.63) is 65.6 Å². The first-order valence-electron chi connectivity index (χ1n) is 8.13. The zero-order chi connectivity index (χ0) is 18.1. The van der Waals surface area contributed by atoms with Crippen LogP contribution in [0.4, 0.5) is 15.8 Å². The average molecular weight is 355 g/mol. The van der Waals surface area contributed by atoms with Crippen LogP contribution in [0.5, 0.6) is 0 Å². The number of benzene rings is 2. The summed E-state index contributed by atoms with van der Waals surface area (Å²) in [7, 11) is 0. The smallest absolute Gasteiger partial charge is 0.149 e. The molecule has 1 atom stereocenters. The second-order valence-electron chi connectivity index (χ2n) is 6.26. The van der Waals surface area contributed by atoms with E-state index in [9.17, 15) is 4.39 Å². The van der Waals surface area contributed by atoms with Gasteiger partial charge in [0.15, 0.2) is 0 Å². The number of fused-ring (bicyclic) bond motifs is 1. The quantitative estimate of drug-likeness (QED) is 0.754. The van der Waals surface area contributed by atoms with E-state index in [-0.39, 0.29) is 11.9 Å². The number of nitrogens with two attached hydrogens (primary N) is 1. The van der Waals surface area contributed by atoms with E-state index in [0.717, 1.165) is 27.5 Å². The summed E-state index contributed by atoms with van der Waals surface area (Å²) in [5.41, 5.74) is 9.98. The van der Waals surface area contributed by atoms with Crippen LogP contribution >= 0.6 is 11.8 Å². The van der Waals surface area contributed by atoms with Crippen LogP contribution in [0, 0.1) is 12.7 Å². The molecule has 0 saturated carbocycles. The number of rotatable bonds is 4. The van der Waals surface area contributed by atoms with Crippen molar-refractivity contribution < 1.29 is 4.39 Å². The Bertz CT molecular complexity index is 860. The molecule has 1 unspecified atom stereocenters. The first kappa shape index (κ1) is 17.5. The predicted molar refractivity (Wildman–Crippen MR) is 105 cm³/mol. The molecule has 130 valence electrons. The fourth-order valence-electron chi connectivity index (χ4n) is 3.28. The van der Waals surface area contributed by atoms with Crippen LogP contribution in [-0.2, 0) is 0 Å². The van der Waals surface area contributed by atoms with E-state index >= 15 is 0 Å². The van der Waals surface area contributed by atoms with Crippen molar-refractivity contribution in [2.24, 2.45) is 10.7 Å². The van der Waals surface area contributed by atoms with Crippen LogP contribution in [0.1, 0.15) is 30.5 Å². The van der Waals surface area contributed by atoms with Crippen molar-refractivity contribution in [2.45, 2.75) is 31.2 Å². The lowest BCUT2D eigenvalue weighted by Gasteiger charge is -2.38. The molecular weight excluding hydrogens is 333 g/mol. The minimum absolute atomic E-state index is 0.131. The molecule has 0 aromatic heterocycles. The summed E-state index contributed by atoms with van der Waals surface area (Å²) in [5.74, 6) is 0.447. The number of hydrogen-bond acceptors (Lipinski definition) is 4. The molecule has 2 aromatic carbocycles. The molecule has 3 nitrogen and oxygen atoms in total. The van der Waals surface area contributed by atoms with Gasteiger partial charge in [-0.1, -0.05) is 24.8 Å². The lowest BCUT2D eigenvalue weighted by Crippen LogP contribution is -2.37. The highest BCUT2D eigenvalue weighted by atomic mass is 32.2. The maximum atomic E-state index is 14.3. The van der Waals surface area contributed by atoms with E-state index in [2.05, 4.69) is 47.8 Å². The molecule has 0 radical (unpaired) electrons. The van der Waals surface area contributed by atoms with E-state index in [4.69, 9.17) is 5.73 Å². The lowest BCUT2D eigenvalue weighted by atomic mass is 9.95. The molecule has 1 aliphatic heterocycles. The third kappa shape index (κ3) is 3.29. The standard InChI is InChI=1S/C20H22FN3S/c1-12-8-9-19(25-4)18(10-12)24-14(3)23-20-15(6-5-7-16(20)21)17(24)11-13(2)22/h5-10,17H,2,11,22H2,1,3-4H3. The first-order chi connectivity index (χ1) is 11.9. The van der Waals surface area contributed by atoms with Gasteiger partial charge >= 0.3 is 0 Å². The van der Waals surface area contributed by atoms with Gasteiger partial charge in [0, 0.05) is 22.6 Å². The summed E-state index contributed by atoms with van der Waals surface area (Å²) in [6.45, 7) is 7.84. The number of nitrogens with zero attached hydrogens (tertiary/aromatic N) is 2. The molecule has 2 aromatic rings. The van der Waals surface area contributed by atoms with Crippen molar-refractivity contribution in [2.75, 3.05) is 11.2 Å². The zero-order valence-corrected chi connectivity index (χ0v) is 15.5. The van der Waals surface area contributed by atoms with Crippen LogP contribution in [0.3, 0.4) is 0 Å². The lowest BCUT2D eigenvalue weighted by molar-refractivity contribution is 0.614. The number of halogens is 1. The van der Waals surface area contributed by atoms with Gasteiger partial charge in [0.25, 0.3) is 0 Å². The van der Waals surface area contributed by atoms with E-state index in [0.29, 0.717) is 17.8 Å². The number of hydrogen-bond donors (Lipinski definition) is 1. The molecule has 0 saturated heterocycles. The molecule has 0 aliphatic carbocycles. The van der Waals surface area contributed by atoms with Crippen LogP contribution in [0.2, 0.25) is 0 Å². The summed E-state index contributed by atoms with van der Waals surface area (Å²) in [6, 6.07) is 11.3. The molecule has 1 aliphatic rings. The molecule has 1 heterocycles. The topological polar surface area (TPSA) is 41.6 Å². The number of aliphatic imine (C=N–C) groups is 1. The SMILES string of the molecule is C=C(N)CC1c2cccc(F)c2N=C(C)N1c1cc(C)ccc1SC. The van der Waals surface area contributed by atoms with Gasteiger partial charge in [-0.15, -0.1) is 11.8 Å². The average Bonchev–Trinajstić information content (AvgIpc) is 2.55. The maximum Gasteiger partial charge on any atom is 0.149 e. The van der Waals surface area contributed by atoms with Gasteiger partial charge in [-0.25, -0.2) is 9.38 Å². The highest BCUT2D eigenvalue weighted by Gasteiger charge is 2.32. The highest BCUT2D eigenvalue weighted by molar-refractivity contribution is 7.98. The summed E-state index contributed by atoms with van der Waals surface area (Å²) < 4.78 is 14.3. The number of amidine groups is 1. The summed E-state index contributed by atoms with van der Waals surface area (Å²) >= 11 is 1.68.